The molecule has 1 aromatic carbocycles. The van der Waals surface area contributed by atoms with Crippen LogP contribution in [-0.4, -0.2) is 31.3 Å². The number of benzene rings is 1. The van der Waals surface area contributed by atoms with Gasteiger partial charge in [-0.15, -0.1) is 0 Å². The third kappa shape index (κ3) is 5.40. The molecule has 1 rings (SSSR count). The maximum Gasteiger partial charge on any atom is 0.222 e. The van der Waals surface area contributed by atoms with Gasteiger partial charge < -0.3 is 15.2 Å². The fourth-order valence-electron chi connectivity index (χ4n) is 1.97. The molecule has 0 aliphatic rings. The van der Waals surface area contributed by atoms with E-state index in [9.17, 15) is 18.7 Å². The van der Waals surface area contributed by atoms with Gasteiger partial charge in [0.15, 0.2) is 0 Å². The number of nitrogens with one attached hydrogen (secondary N) is 1. The van der Waals surface area contributed by atoms with Crippen molar-refractivity contribution in [1.82, 2.24) is 5.32 Å². The van der Waals surface area contributed by atoms with Crippen LogP contribution in [-0.2, 0) is 9.53 Å². The normalized spacial score (nSPS) is 13.8. The average Bonchev–Trinajstić information content (AvgIpc) is 2.44. The van der Waals surface area contributed by atoms with E-state index < -0.39 is 23.3 Å². The summed E-state index contributed by atoms with van der Waals surface area (Å²) in [6, 6.07) is 3.35. The minimum atomic E-state index is -1.42. The second-order valence-corrected chi connectivity index (χ2v) is 4.93. The smallest absolute Gasteiger partial charge is 0.222 e. The fraction of sp³-hybridized carbons (Fsp3) is 0.533. The van der Waals surface area contributed by atoms with Gasteiger partial charge in [0.2, 0.25) is 5.91 Å². The molecule has 0 heterocycles. The molecule has 2 N–H and O–H groups in total. The van der Waals surface area contributed by atoms with Crippen LogP contribution >= 0.6 is 0 Å². The van der Waals surface area contributed by atoms with Crippen LogP contribution in [0.4, 0.5) is 8.78 Å². The van der Waals surface area contributed by atoms with Gasteiger partial charge in [0.05, 0.1) is 5.56 Å². The molecule has 2 unspecified atom stereocenters. The van der Waals surface area contributed by atoms with Crippen molar-refractivity contribution in [2.24, 2.45) is 5.92 Å². The van der Waals surface area contributed by atoms with Gasteiger partial charge in [-0.05, 0) is 25.0 Å². The molecular weight excluding hydrogens is 280 g/mol. The molecule has 1 amide bonds. The van der Waals surface area contributed by atoms with E-state index in [1.807, 2.05) is 0 Å². The molecule has 0 aliphatic carbocycles. The van der Waals surface area contributed by atoms with Crippen molar-refractivity contribution in [2.45, 2.75) is 25.9 Å². The summed E-state index contributed by atoms with van der Waals surface area (Å²) in [5.41, 5.74) is -0.426. The molecule has 0 saturated heterocycles. The van der Waals surface area contributed by atoms with Gasteiger partial charge in [-0.3, -0.25) is 4.79 Å². The first-order valence-electron chi connectivity index (χ1n) is 6.86. The maximum atomic E-state index is 13.5. The van der Waals surface area contributed by atoms with Crippen molar-refractivity contribution < 1.29 is 23.4 Å². The first-order valence-corrected chi connectivity index (χ1v) is 6.86. The Labute approximate surface area is 123 Å². The Balaban J connectivity index is 2.49. The lowest BCUT2D eigenvalue weighted by atomic mass is 10.0. The number of halogens is 2. The lowest BCUT2D eigenvalue weighted by Crippen LogP contribution is -2.33. The fourth-order valence-corrected chi connectivity index (χ4v) is 1.97. The second kappa shape index (κ2) is 8.69. The standard InChI is InChI=1S/C15H21F2NO3/c1-10(5-4-8-21-2)15(20)18-9-13(19)14-11(16)6-3-7-12(14)17/h3,6-7,10,13,19H,4-5,8-9H2,1-2H3,(H,18,20). The Kier molecular flexibility index (Phi) is 7.25. The third-order valence-corrected chi connectivity index (χ3v) is 3.24. The summed E-state index contributed by atoms with van der Waals surface area (Å²) in [5.74, 6) is -2.17. The SMILES string of the molecule is COCCCC(C)C(=O)NCC(O)c1c(F)cccc1F. The maximum absolute atomic E-state index is 13.5. The van der Waals surface area contributed by atoms with E-state index in [4.69, 9.17) is 4.74 Å². The van der Waals surface area contributed by atoms with Crippen molar-refractivity contribution in [3.05, 3.63) is 35.4 Å². The first kappa shape index (κ1) is 17.5. The number of aliphatic hydroxyl groups is 1. The minimum Gasteiger partial charge on any atom is -0.386 e. The quantitative estimate of drug-likeness (QED) is 0.724. The Hall–Kier alpha value is -1.53. The van der Waals surface area contributed by atoms with E-state index in [0.29, 0.717) is 13.0 Å². The summed E-state index contributed by atoms with van der Waals surface area (Å²) in [6.07, 6.45) is -0.0271. The Bertz CT molecular complexity index is 448. The molecular formula is C15H21F2NO3. The number of hydrogen-bond acceptors (Lipinski definition) is 3. The monoisotopic (exact) mass is 301 g/mol. The molecule has 6 heteroatoms. The van der Waals surface area contributed by atoms with Crippen LogP contribution in [0.2, 0.25) is 0 Å². The van der Waals surface area contributed by atoms with Gasteiger partial charge in [-0.25, -0.2) is 8.78 Å². The molecule has 0 radical (unpaired) electrons. The summed E-state index contributed by atoms with van der Waals surface area (Å²) in [6.45, 7) is 2.09. The summed E-state index contributed by atoms with van der Waals surface area (Å²) in [4.78, 5) is 11.8. The molecule has 0 saturated carbocycles. The zero-order chi connectivity index (χ0) is 15.8. The van der Waals surface area contributed by atoms with Crippen LogP contribution in [0.25, 0.3) is 0 Å². The van der Waals surface area contributed by atoms with Crippen LogP contribution in [0.15, 0.2) is 18.2 Å². The Morgan fingerprint density at radius 1 is 1.38 bits per heavy atom. The first-order chi connectivity index (χ1) is 9.97. The van der Waals surface area contributed by atoms with Gasteiger partial charge >= 0.3 is 0 Å². The third-order valence-electron chi connectivity index (χ3n) is 3.24. The predicted molar refractivity (Wildman–Crippen MR) is 74.6 cm³/mol. The molecule has 0 aliphatic heterocycles. The number of amides is 1. The highest BCUT2D eigenvalue weighted by Gasteiger charge is 2.19. The van der Waals surface area contributed by atoms with Crippen molar-refractivity contribution >= 4 is 5.91 Å². The van der Waals surface area contributed by atoms with Crippen molar-refractivity contribution in [2.75, 3.05) is 20.3 Å². The van der Waals surface area contributed by atoms with Crippen LogP contribution < -0.4 is 5.32 Å². The number of methoxy groups -OCH3 is 1. The molecule has 4 nitrogen and oxygen atoms in total. The van der Waals surface area contributed by atoms with E-state index in [1.54, 1.807) is 14.0 Å². The predicted octanol–water partition coefficient (Wildman–Crippen LogP) is 2.18. The lowest BCUT2D eigenvalue weighted by Gasteiger charge is -2.16. The number of hydrogen-bond donors (Lipinski definition) is 2. The topological polar surface area (TPSA) is 58.6 Å². The number of ether oxygens (including phenoxy) is 1. The molecule has 21 heavy (non-hydrogen) atoms. The van der Waals surface area contributed by atoms with E-state index in [0.717, 1.165) is 18.6 Å². The summed E-state index contributed by atoms with van der Waals surface area (Å²) >= 11 is 0. The van der Waals surface area contributed by atoms with Crippen LogP contribution in [0.1, 0.15) is 31.4 Å². The zero-order valence-electron chi connectivity index (χ0n) is 12.2. The van der Waals surface area contributed by atoms with Crippen LogP contribution in [0.5, 0.6) is 0 Å². The molecule has 0 bridgehead atoms. The van der Waals surface area contributed by atoms with E-state index in [-0.39, 0.29) is 18.4 Å². The van der Waals surface area contributed by atoms with Crippen molar-refractivity contribution in [1.29, 1.82) is 0 Å². The summed E-state index contributed by atoms with van der Waals surface area (Å²) in [7, 11) is 1.59. The largest absolute Gasteiger partial charge is 0.386 e. The van der Waals surface area contributed by atoms with Crippen LogP contribution in [0, 0.1) is 17.6 Å². The van der Waals surface area contributed by atoms with Crippen molar-refractivity contribution in [3.63, 3.8) is 0 Å². The second-order valence-electron chi connectivity index (χ2n) is 4.93. The lowest BCUT2D eigenvalue weighted by molar-refractivity contribution is -0.125. The highest BCUT2D eigenvalue weighted by atomic mass is 19.1. The highest BCUT2D eigenvalue weighted by molar-refractivity contribution is 5.78. The van der Waals surface area contributed by atoms with E-state index in [1.165, 1.54) is 6.07 Å². The van der Waals surface area contributed by atoms with E-state index >= 15 is 0 Å². The summed E-state index contributed by atoms with van der Waals surface area (Å²) < 4.78 is 31.8. The molecule has 0 fully saturated rings. The van der Waals surface area contributed by atoms with Gasteiger partial charge in [0, 0.05) is 26.2 Å². The number of aliphatic hydroxyl groups excluding tert-OH is 1. The molecule has 118 valence electrons. The van der Waals surface area contributed by atoms with Gasteiger partial charge in [0.25, 0.3) is 0 Å². The average molecular weight is 301 g/mol. The highest BCUT2D eigenvalue weighted by Crippen LogP contribution is 2.20. The molecule has 1 aromatic rings. The minimum absolute atomic E-state index is 0.231. The number of carbonyl (C=O) groups excluding carboxylic acids is 1. The number of carbonyl (C=O) groups is 1. The summed E-state index contributed by atoms with van der Waals surface area (Å²) in [5, 5.41) is 12.3. The van der Waals surface area contributed by atoms with Crippen LogP contribution in [0.3, 0.4) is 0 Å². The van der Waals surface area contributed by atoms with Crippen molar-refractivity contribution in [3.8, 4) is 0 Å². The molecule has 2 atom stereocenters. The molecule has 0 spiro atoms. The zero-order valence-corrected chi connectivity index (χ0v) is 12.2. The Morgan fingerprint density at radius 3 is 2.57 bits per heavy atom. The van der Waals surface area contributed by atoms with Gasteiger partial charge in [-0.2, -0.15) is 0 Å². The number of rotatable bonds is 8. The Morgan fingerprint density at radius 2 is 2.00 bits per heavy atom. The van der Waals surface area contributed by atoms with Gasteiger partial charge in [0.1, 0.15) is 17.7 Å². The van der Waals surface area contributed by atoms with Gasteiger partial charge in [-0.1, -0.05) is 13.0 Å². The molecule has 0 aromatic heterocycles. The van der Waals surface area contributed by atoms with E-state index in [2.05, 4.69) is 5.32 Å².